The maximum Gasteiger partial charge on any atom is 0.347 e. The van der Waals surface area contributed by atoms with E-state index in [0.29, 0.717) is 60.5 Å². The molecule has 18 unspecified atom stereocenters. The Morgan fingerprint density at radius 2 is 0.680 bits per heavy atom. The Morgan fingerprint density at radius 1 is 0.340 bits per heavy atom. The van der Waals surface area contributed by atoms with Crippen molar-refractivity contribution in [2.75, 3.05) is 26.4 Å². The van der Waals surface area contributed by atoms with Crippen molar-refractivity contribution in [3.8, 4) is 23.0 Å². The molecule has 25 rings (SSSR count). The topological polar surface area (TPSA) is 274 Å². The number of hydrogen-bond donors (Lipinski definition) is 0. The number of carbonyl (C=O) groups excluding carboxylic acids is 7. The third kappa shape index (κ3) is 20.8. The molecule has 0 N–H and O–H groups in total. The number of benzene rings is 12. The molecule has 0 amide bonds. The van der Waals surface area contributed by atoms with E-state index in [1.54, 1.807) is 0 Å². The van der Waals surface area contributed by atoms with E-state index in [9.17, 15) is 42.0 Å². The Balaban J connectivity index is 0.000000115. The van der Waals surface area contributed by atoms with E-state index in [0.717, 1.165) is 89.5 Å². The van der Waals surface area contributed by atoms with E-state index in [2.05, 4.69) is 243 Å². The standard InChI is InChI=1S/C32H33O5S.C30H29O5S.C29H29O6S2.C29H27O6S/c1-20-13-27(38(25-9-5-3-6-10-25)26-11-7-4-8-12-26)14-21(2)30(20)35-19-29(33)37-31-23-15-22-16-24(18-23)32(34)36-28(31)17-22;1-19-13-24(36(22-9-5-3-6-10-22)23-11-7-4-8-12-23)14-20(2)28(19)33-18-27(31)34-30-17-21-15-25(26(30)16-21)29(32)35-30;1-18-13-23(36(21-9-5-3-6-10-21)22-11-7-4-8-12-22)14-19(2)27(18)33-17-26(30)34-28-20-15-24-25(16-20)37(31,32)35-29(24)28;1-18-13-23(36(21-9-5-3-6-10-21)22-11-7-4-8-12-22)14-19(2)26(18)32-17-25(30)34-29-16-20-15-24(27(29)33-20)28(31)35-29/h3-14,22-24,28,31H,15-19H2,1-2H3;3-14,21,25-26H,15-18H2,1-2H3;3-14,20,24-25,28-29H,15-17H2,1-2H3;3-14,20,24,27H,15-17H2,1-2H3/q4*+1. The van der Waals surface area contributed by atoms with Gasteiger partial charge in [-0.3, -0.25) is 18.6 Å². The Labute approximate surface area is 868 Å². The molecule has 756 valence electrons. The van der Waals surface area contributed by atoms with Crippen LogP contribution in [-0.4, -0.2) is 130 Å². The average Bonchev–Trinajstić information content (AvgIpc) is 1.56. The largest absolute Gasteiger partial charge is 0.481 e. The molecular formula is C120H118O22S5+4. The second-order valence-corrected chi connectivity index (χ2v) is 50.3. The first-order valence-corrected chi connectivity index (χ1v) is 56.9. The number of ether oxygens (including phenoxy) is 12. The maximum absolute atomic E-state index is 12.9. The minimum absolute atomic E-state index is 0.00407. The van der Waals surface area contributed by atoms with Crippen molar-refractivity contribution < 1.29 is 103 Å². The van der Waals surface area contributed by atoms with Crippen LogP contribution in [0.4, 0.5) is 0 Å². The van der Waals surface area contributed by atoms with Crippen LogP contribution in [0.1, 0.15) is 115 Å². The van der Waals surface area contributed by atoms with Gasteiger partial charge in [0.2, 0.25) is 0 Å². The summed E-state index contributed by atoms with van der Waals surface area (Å²) in [6.45, 7) is 15.1. The summed E-state index contributed by atoms with van der Waals surface area (Å²) in [5.74, 6) is -1.71. The molecule has 147 heavy (non-hydrogen) atoms. The highest BCUT2D eigenvalue weighted by molar-refractivity contribution is 7.98. The van der Waals surface area contributed by atoms with Crippen LogP contribution in [-0.2, 0) is 129 Å². The van der Waals surface area contributed by atoms with Crippen molar-refractivity contribution >= 4 is 95.5 Å². The van der Waals surface area contributed by atoms with Gasteiger partial charge in [-0.15, -0.1) is 0 Å². The predicted molar refractivity (Wildman–Crippen MR) is 554 cm³/mol. The molecule has 27 heteroatoms. The number of esters is 7. The molecule has 22 nitrogen and oxygen atoms in total. The fourth-order valence-corrected chi connectivity index (χ4v) is 35.4. The zero-order valence-corrected chi connectivity index (χ0v) is 87.2. The Hall–Kier alpha value is -12.6. The minimum atomic E-state index is -3.54. The second kappa shape index (κ2) is 42.6. The summed E-state index contributed by atoms with van der Waals surface area (Å²) in [6, 6.07) is 101. The van der Waals surface area contributed by atoms with Crippen molar-refractivity contribution in [3.05, 3.63) is 336 Å². The molecule has 10 bridgehead atoms. The average molecular weight is 2070 g/mol. The molecule has 12 aromatic carbocycles. The van der Waals surface area contributed by atoms with Crippen LogP contribution in [0.15, 0.2) is 350 Å². The van der Waals surface area contributed by atoms with Gasteiger partial charge in [0.25, 0.3) is 21.7 Å². The lowest BCUT2D eigenvalue weighted by molar-refractivity contribution is -0.224. The van der Waals surface area contributed by atoms with Gasteiger partial charge in [0.15, 0.2) is 85.2 Å². The highest BCUT2D eigenvalue weighted by Crippen LogP contribution is 2.62. The van der Waals surface area contributed by atoms with E-state index in [1.807, 2.05) is 104 Å². The fourth-order valence-electron chi connectivity index (χ4n) is 24.5. The van der Waals surface area contributed by atoms with Gasteiger partial charge in [-0.1, -0.05) is 146 Å². The van der Waals surface area contributed by atoms with Crippen molar-refractivity contribution in [3.63, 3.8) is 0 Å². The van der Waals surface area contributed by atoms with Gasteiger partial charge >= 0.3 is 41.8 Å². The Kier molecular flexibility index (Phi) is 29.0. The molecule has 7 heterocycles. The maximum atomic E-state index is 12.9. The number of fused-ring (bicyclic) bond motifs is 4. The summed E-state index contributed by atoms with van der Waals surface area (Å²) in [6.07, 6.45) is 5.76. The van der Waals surface area contributed by atoms with Gasteiger partial charge in [0.1, 0.15) is 53.5 Å². The first-order chi connectivity index (χ1) is 71.1. The molecule has 0 radical (unpaired) electrons. The molecule has 0 aromatic heterocycles. The molecule has 6 aliphatic carbocycles. The number of carbonyl (C=O) groups is 7. The van der Waals surface area contributed by atoms with Crippen LogP contribution in [0, 0.1) is 109 Å². The highest BCUT2D eigenvalue weighted by atomic mass is 32.2. The lowest BCUT2D eigenvalue weighted by atomic mass is 9.67. The Morgan fingerprint density at radius 3 is 1.05 bits per heavy atom. The predicted octanol–water partition coefficient (Wildman–Crippen LogP) is 21.2. The SMILES string of the molecule is Cc1cc([S+](c2ccccc2)c2ccccc2)cc(C)c1OCC(=O)OC12CC3CC(C(=O)O1)C2C3.Cc1cc([S+](c2ccccc2)c2ccccc2)cc(C)c1OCC(=O)OC12CC3CC(C(=O)O1)C2O3.Cc1cc([S+](c2ccccc2)c2ccccc2)cc(C)c1OCC(=O)OC1C2CC3C1OS(=O)(=O)C3C2.Cc1cc([S+](c2ccccc2)c2ccccc2)cc(C)c1OCC(=O)OC1C2CC3CC(C2)C(=O)OC1C3. The van der Waals surface area contributed by atoms with E-state index in [4.69, 9.17) is 61.0 Å². The van der Waals surface area contributed by atoms with Crippen LogP contribution in [0.2, 0.25) is 0 Å². The molecule has 12 aromatic rings. The molecule has 13 aliphatic rings. The number of hydrogen-bond acceptors (Lipinski definition) is 22. The number of rotatable bonds is 28. The van der Waals surface area contributed by atoms with Crippen molar-refractivity contribution in [1.29, 1.82) is 0 Å². The third-order valence-electron chi connectivity index (χ3n) is 30.3. The highest BCUT2D eigenvalue weighted by Gasteiger charge is 2.71. The van der Waals surface area contributed by atoms with Crippen LogP contribution in [0.25, 0.3) is 0 Å². The zero-order chi connectivity index (χ0) is 102. The zero-order valence-electron chi connectivity index (χ0n) is 83.1. The fraction of sp³-hybridized carbons (Fsp3) is 0.342. The first kappa shape index (κ1) is 100. The monoisotopic (exact) mass is 2070 g/mol. The lowest BCUT2D eigenvalue weighted by Crippen LogP contribution is -2.45. The molecule has 6 saturated carbocycles. The minimum Gasteiger partial charge on any atom is -0.481 e. The smallest absolute Gasteiger partial charge is 0.347 e. The van der Waals surface area contributed by atoms with Crippen molar-refractivity contribution in [1.82, 2.24) is 0 Å². The summed E-state index contributed by atoms with van der Waals surface area (Å²) >= 11 is 0. The molecule has 0 spiro atoms. The van der Waals surface area contributed by atoms with Gasteiger partial charge in [0.05, 0.1) is 85.0 Å². The van der Waals surface area contributed by atoms with Crippen molar-refractivity contribution in [2.45, 2.75) is 238 Å². The summed E-state index contributed by atoms with van der Waals surface area (Å²) in [7, 11) is -4.61. The van der Waals surface area contributed by atoms with Gasteiger partial charge in [0, 0.05) is 72.7 Å². The van der Waals surface area contributed by atoms with E-state index in [-0.39, 0.29) is 148 Å². The van der Waals surface area contributed by atoms with E-state index in [1.165, 1.54) is 58.7 Å². The van der Waals surface area contributed by atoms with Gasteiger partial charge in [-0.05, 0) is 267 Å². The Bertz CT molecular complexity index is 6580. The number of aryl methyl sites for hydroxylation is 8. The summed E-state index contributed by atoms with van der Waals surface area (Å²) in [5, 5.41) is -0.436. The molecule has 13 fully saturated rings. The molecular weight excluding hydrogens is 1950 g/mol. The normalized spacial score (nSPS) is 26.0. The van der Waals surface area contributed by atoms with Crippen LogP contribution < -0.4 is 18.9 Å². The van der Waals surface area contributed by atoms with Crippen LogP contribution in [0.3, 0.4) is 0 Å². The summed E-state index contributed by atoms with van der Waals surface area (Å²) < 4.78 is 99.1. The van der Waals surface area contributed by atoms with E-state index >= 15 is 0 Å². The first-order valence-electron chi connectivity index (χ1n) is 50.5. The molecule has 18 atom stereocenters. The van der Waals surface area contributed by atoms with Gasteiger partial charge < -0.3 is 56.8 Å². The lowest BCUT2D eigenvalue weighted by Gasteiger charge is -2.41. The van der Waals surface area contributed by atoms with Gasteiger partial charge in [-0.25, -0.2) is 19.2 Å². The summed E-state index contributed by atoms with van der Waals surface area (Å²) in [5.41, 5.74) is 7.67. The second-order valence-electron chi connectivity index (χ2n) is 40.5. The summed E-state index contributed by atoms with van der Waals surface area (Å²) in [4.78, 5) is 102. The van der Waals surface area contributed by atoms with Gasteiger partial charge in [-0.2, -0.15) is 8.42 Å². The van der Waals surface area contributed by atoms with Crippen LogP contribution >= 0.6 is 0 Å². The quantitative estimate of drug-likeness (QED) is 0.0191. The third-order valence-corrected chi connectivity index (χ3v) is 40.9. The van der Waals surface area contributed by atoms with Crippen molar-refractivity contribution in [2.24, 2.45) is 53.3 Å². The molecule has 7 saturated heterocycles. The molecule has 7 aliphatic heterocycles. The van der Waals surface area contributed by atoms with E-state index < -0.39 is 69.1 Å². The van der Waals surface area contributed by atoms with Crippen LogP contribution in [0.5, 0.6) is 23.0 Å².